The van der Waals surface area contributed by atoms with Crippen molar-refractivity contribution in [2.24, 2.45) is 7.05 Å². The Kier molecular flexibility index (Phi) is 4.72. The molecule has 1 aromatic carbocycles. The van der Waals surface area contributed by atoms with Crippen LogP contribution in [0.1, 0.15) is 28.0 Å². The quantitative estimate of drug-likeness (QED) is 0.737. The van der Waals surface area contributed by atoms with E-state index in [0.29, 0.717) is 47.3 Å². The summed E-state index contributed by atoms with van der Waals surface area (Å²) in [5.41, 5.74) is 1.86. The molecule has 0 bridgehead atoms. The Bertz CT molecular complexity index is 985. The van der Waals surface area contributed by atoms with E-state index in [1.807, 2.05) is 6.92 Å². The third-order valence-electron chi connectivity index (χ3n) is 4.73. The van der Waals surface area contributed by atoms with Crippen molar-refractivity contribution in [1.82, 2.24) is 19.8 Å². The van der Waals surface area contributed by atoms with Crippen LogP contribution in [0.4, 0.5) is 0 Å². The molecule has 2 aliphatic rings. The van der Waals surface area contributed by atoms with E-state index in [2.05, 4.69) is 5.10 Å². The molecule has 1 saturated heterocycles. The molecular formula is C19H19ClN4O4. The van der Waals surface area contributed by atoms with Gasteiger partial charge in [-0.2, -0.15) is 5.10 Å². The summed E-state index contributed by atoms with van der Waals surface area (Å²) in [6.45, 7) is 2.91. The zero-order valence-corrected chi connectivity index (χ0v) is 16.3. The molecule has 2 aliphatic heterocycles. The van der Waals surface area contributed by atoms with Crippen LogP contribution < -0.4 is 9.47 Å². The third-order valence-corrected chi connectivity index (χ3v) is 5.18. The summed E-state index contributed by atoms with van der Waals surface area (Å²) in [5.74, 6) is 0.598. The Morgan fingerprint density at radius 2 is 1.93 bits per heavy atom. The number of aryl methyl sites for hydroxylation is 2. The molecule has 0 spiro atoms. The molecule has 0 atom stereocenters. The predicted octanol–water partition coefficient (Wildman–Crippen LogP) is 2.41. The average molecular weight is 403 g/mol. The minimum atomic E-state index is -0.286. The Hall–Kier alpha value is -3.00. The number of benzene rings is 1. The van der Waals surface area contributed by atoms with Gasteiger partial charge in [-0.25, -0.2) is 10.0 Å². The van der Waals surface area contributed by atoms with Gasteiger partial charge in [-0.05, 0) is 37.6 Å². The normalized spacial score (nSPS) is 15.7. The first-order valence-corrected chi connectivity index (χ1v) is 9.23. The molecule has 0 aliphatic carbocycles. The first-order chi connectivity index (χ1) is 13.5. The fraction of sp³-hybridized carbons (Fsp3) is 0.316. The number of ether oxygens (including phenoxy) is 2. The summed E-state index contributed by atoms with van der Waals surface area (Å²) in [4.78, 5) is 25.6. The van der Waals surface area contributed by atoms with Gasteiger partial charge in [0.2, 0.25) is 6.79 Å². The number of carbonyl (C=O) groups is 2. The molecule has 1 aromatic heterocycles. The van der Waals surface area contributed by atoms with E-state index < -0.39 is 0 Å². The van der Waals surface area contributed by atoms with Crippen molar-refractivity contribution in [3.8, 4) is 11.5 Å². The second-order valence-electron chi connectivity index (χ2n) is 6.56. The monoisotopic (exact) mass is 402 g/mol. The highest BCUT2D eigenvalue weighted by atomic mass is 35.5. The van der Waals surface area contributed by atoms with Gasteiger partial charge in [0.15, 0.2) is 11.5 Å². The van der Waals surface area contributed by atoms with Gasteiger partial charge < -0.3 is 9.47 Å². The highest BCUT2D eigenvalue weighted by molar-refractivity contribution is 6.31. The van der Waals surface area contributed by atoms with E-state index in [1.165, 1.54) is 16.1 Å². The molecule has 2 aromatic rings. The van der Waals surface area contributed by atoms with Gasteiger partial charge in [-0.1, -0.05) is 11.6 Å². The van der Waals surface area contributed by atoms with Gasteiger partial charge in [0.1, 0.15) is 5.15 Å². The van der Waals surface area contributed by atoms with Gasteiger partial charge in [0, 0.05) is 37.3 Å². The molecule has 8 nitrogen and oxygen atoms in total. The van der Waals surface area contributed by atoms with Crippen LogP contribution in [0.25, 0.3) is 6.08 Å². The molecule has 146 valence electrons. The Labute approximate surface area is 166 Å². The lowest BCUT2D eigenvalue weighted by Crippen LogP contribution is -2.44. The molecule has 0 N–H and O–H groups in total. The fourth-order valence-electron chi connectivity index (χ4n) is 3.31. The van der Waals surface area contributed by atoms with Gasteiger partial charge in [0.05, 0.1) is 5.69 Å². The Morgan fingerprint density at radius 1 is 1.18 bits per heavy atom. The highest BCUT2D eigenvalue weighted by Gasteiger charge is 2.31. The molecule has 2 amide bonds. The number of nitrogens with zero attached hydrogens (tertiary/aromatic N) is 4. The summed E-state index contributed by atoms with van der Waals surface area (Å²) in [6, 6.07) is 5.01. The second kappa shape index (κ2) is 7.20. The molecule has 28 heavy (non-hydrogen) atoms. The van der Waals surface area contributed by atoms with Crippen LogP contribution in [0.15, 0.2) is 24.3 Å². The van der Waals surface area contributed by atoms with E-state index in [1.54, 1.807) is 36.0 Å². The Morgan fingerprint density at radius 3 is 2.68 bits per heavy atom. The maximum atomic E-state index is 12.9. The number of rotatable bonds is 3. The third kappa shape index (κ3) is 3.20. The van der Waals surface area contributed by atoms with Gasteiger partial charge in [-0.3, -0.25) is 14.3 Å². The lowest BCUT2D eigenvalue weighted by atomic mass is 10.2. The number of hydrogen-bond donors (Lipinski definition) is 0. The van der Waals surface area contributed by atoms with Crippen LogP contribution in [0, 0.1) is 6.92 Å². The van der Waals surface area contributed by atoms with Gasteiger partial charge in [-0.15, -0.1) is 0 Å². The number of hydrazine groups is 1. The summed E-state index contributed by atoms with van der Waals surface area (Å²) in [5, 5.41) is 7.58. The van der Waals surface area contributed by atoms with Gasteiger partial charge in [0.25, 0.3) is 11.8 Å². The summed E-state index contributed by atoms with van der Waals surface area (Å²) >= 11 is 6.20. The van der Waals surface area contributed by atoms with Crippen molar-refractivity contribution in [2.75, 3.05) is 19.9 Å². The molecule has 3 heterocycles. The van der Waals surface area contributed by atoms with Crippen LogP contribution >= 0.6 is 11.6 Å². The minimum Gasteiger partial charge on any atom is -0.454 e. The maximum absolute atomic E-state index is 12.9. The van der Waals surface area contributed by atoms with Crippen LogP contribution in [0.2, 0.25) is 5.15 Å². The molecule has 9 heteroatoms. The first-order valence-electron chi connectivity index (χ1n) is 8.86. The number of fused-ring (bicyclic) bond motifs is 1. The van der Waals surface area contributed by atoms with Crippen molar-refractivity contribution in [2.45, 2.75) is 13.3 Å². The number of carbonyl (C=O) groups excluding carboxylic acids is 2. The van der Waals surface area contributed by atoms with Crippen LogP contribution in [0.5, 0.6) is 11.5 Å². The Balaban J connectivity index is 1.52. The predicted molar refractivity (Wildman–Crippen MR) is 102 cm³/mol. The van der Waals surface area contributed by atoms with E-state index in [-0.39, 0.29) is 18.6 Å². The SMILES string of the molecule is Cc1nn(C)c(Cl)c1C=CC(=O)N1CCCN1C(=O)c1ccc2c(c1)OCO2. The molecule has 1 fully saturated rings. The summed E-state index contributed by atoms with van der Waals surface area (Å²) < 4.78 is 12.2. The van der Waals surface area contributed by atoms with E-state index in [0.717, 1.165) is 5.69 Å². The molecule has 0 unspecified atom stereocenters. The summed E-state index contributed by atoms with van der Waals surface area (Å²) in [7, 11) is 1.74. The number of aromatic nitrogens is 2. The largest absolute Gasteiger partial charge is 0.454 e. The van der Waals surface area contributed by atoms with Crippen molar-refractivity contribution in [1.29, 1.82) is 0 Å². The molecule has 4 rings (SSSR count). The second-order valence-corrected chi connectivity index (χ2v) is 6.92. The average Bonchev–Trinajstić information content (AvgIpc) is 3.39. The van der Waals surface area contributed by atoms with Crippen LogP contribution in [-0.2, 0) is 11.8 Å². The van der Waals surface area contributed by atoms with Crippen molar-refractivity contribution >= 4 is 29.5 Å². The molecule has 0 radical (unpaired) electrons. The topological polar surface area (TPSA) is 76.9 Å². The zero-order chi connectivity index (χ0) is 19.8. The van der Waals surface area contributed by atoms with Gasteiger partial charge >= 0.3 is 0 Å². The van der Waals surface area contributed by atoms with E-state index >= 15 is 0 Å². The smallest absolute Gasteiger partial charge is 0.272 e. The standard InChI is InChI=1S/C19H19ClN4O4/c1-12-14(18(20)22(2)21-12)5-7-17(25)23-8-3-9-24(23)19(26)13-4-6-15-16(10-13)28-11-27-15/h4-7,10H,3,8-9,11H2,1-2H3. The van der Waals surface area contributed by atoms with Crippen LogP contribution in [-0.4, -0.2) is 51.5 Å². The number of amides is 2. The maximum Gasteiger partial charge on any atom is 0.272 e. The summed E-state index contributed by atoms with van der Waals surface area (Å²) in [6.07, 6.45) is 3.76. The minimum absolute atomic E-state index is 0.141. The fourth-order valence-corrected chi connectivity index (χ4v) is 3.54. The first kappa shape index (κ1) is 18.4. The zero-order valence-electron chi connectivity index (χ0n) is 15.5. The van der Waals surface area contributed by atoms with Crippen molar-refractivity contribution < 1.29 is 19.1 Å². The number of halogens is 1. The highest BCUT2D eigenvalue weighted by Crippen LogP contribution is 2.33. The van der Waals surface area contributed by atoms with E-state index in [9.17, 15) is 9.59 Å². The molecular weight excluding hydrogens is 384 g/mol. The lowest BCUT2D eigenvalue weighted by molar-refractivity contribution is -0.134. The van der Waals surface area contributed by atoms with Crippen molar-refractivity contribution in [3.63, 3.8) is 0 Å². The molecule has 0 saturated carbocycles. The van der Waals surface area contributed by atoms with Crippen molar-refractivity contribution in [3.05, 3.63) is 46.2 Å². The van der Waals surface area contributed by atoms with Crippen LogP contribution in [0.3, 0.4) is 0 Å². The number of hydrogen-bond acceptors (Lipinski definition) is 5. The lowest BCUT2D eigenvalue weighted by Gasteiger charge is -2.27. The van der Waals surface area contributed by atoms with E-state index in [4.69, 9.17) is 21.1 Å².